The molecular weight excluding hydrogens is 451 g/mol. The fourth-order valence-corrected chi connectivity index (χ4v) is 6.73. The highest BCUT2D eigenvalue weighted by Crippen LogP contribution is 2.35. The molecular formula is C21H18F3NO4S2. The molecule has 0 bridgehead atoms. The molecule has 10 heteroatoms. The van der Waals surface area contributed by atoms with Crippen LogP contribution in [0, 0.1) is 6.92 Å². The molecule has 0 unspecified atom stereocenters. The Hall–Kier alpha value is -2.85. The highest BCUT2D eigenvalue weighted by atomic mass is 32.3. The first kappa shape index (κ1) is 22.8. The second kappa shape index (κ2) is 8.35. The summed E-state index contributed by atoms with van der Waals surface area (Å²) in [7, 11) is -9.36. The van der Waals surface area contributed by atoms with Gasteiger partial charge in [0, 0.05) is 0 Å². The summed E-state index contributed by atoms with van der Waals surface area (Å²) in [5.74, 6) is -0.713. The average molecular weight is 470 g/mol. The molecule has 0 aliphatic heterocycles. The minimum Gasteiger partial charge on any atom is -0.205 e. The highest BCUT2D eigenvalue weighted by Gasteiger charge is 2.38. The summed E-state index contributed by atoms with van der Waals surface area (Å²) in [6.07, 6.45) is -4.78. The maximum Gasteiger partial charge on any atom is 0.416 e. The monoisotopic (exact) mass is 469 g/mol. The quantitative estimate of drug-likeness (QED) is 0.523. The van der Waals surface area contributed by atoms with Gasteiger partial charge in [0.2, 0.25) is 0 Å². The van der Waals surface area contributed by atoms with Crippen molar-refractivity contribution in [2.75, 3.05) is 3.71 Å². The zero-order valence-corrected chi connectivity index (χ0v) is 17.9. The fraction of sp³-hybridized carbons (Fsp3) is 0.143. The smallest absolute Gasteiger partial charge is 0.205 e. The molecule has 0 atom stereocenters. The number of anilines is 1. The van der Waals surface area contributed by atoms with Crippen LogP contribution in [-0.4, -0.2) is 16.8 Å². The molecule has 0 fully saturated rings. The molecule has 0 aliphatic rings. The maximum absolute atomic E-state index is 13.3. The lowest BCUT2D eigenvalue weighted by Gasteiger charge is -2.25. The molecule has 164 valence electrons. The van der Waals surface area contributed by atoms with Gasteiger partial charge in [-0.05, 0) is 42.8 Å². The third-order valence-corrected chi connectivity index (χ3v) is 8.57. The molecule has 0 spiro atoms. The van der Waals surface area contributed by atoms with Gasteiger partial charge in [-0.3, -0.25) is 0 Å². The van der Waals surface area contributed by atoms with Crippen LogP contribution in [0.25, 0.3) is 0 Å². The third-order valence-electron chi connectivity index (χ3n) is 4.37. The third kappa shape index (κ3) is 5.08. The van der Waals surface area contributed by atoms with E-state index in [1.807, 2.05) is 0 Å². The maximum atomic E-state index is 13.3. The Morgan fingerprint density at radius 1 is 0.806 bits per heavy atom. The Bertz CT molecular complexity index is 1270. The van der Waals surface area contributed by atoms with Crippen LogP contribution in [0.5, 0.6) is 0 Å². The first-order valence-electron chi connectivity index (χ1n) is 8.97. The van der Waals surface area contributed by atoms with E-state index in [9.17, 15) is 30.0 Å². The summed E-state index contributed by atoms with van der Waals surface area (Å²) >= 11 is 0. The van der Waals surface area contributed by atoms with Crippen molar-refractivity contribution in [3.63, 3.8) is 0 Å². The fourth-order valence-electron chi connectivity index (χ4n) is 2.89. The SMILES string of the molecule is Cc1ccc(S(=O)(=O)N(c2cccc(C(F)(F)F)c2)S(=O)(=O)Cc2ccccc2)cc1. The summed E-state index contributed by atoms with van der Waals surface area (Å²) < 4.78 is 92.8. The number of halogens is 3. The van der Waals surface area contributed by atoms with E-state index in [4.69, 9.17) is 0 Å². The molecule has 0 heterocycles. The minimum atomic E-state index is -4.78. The molecule has 5 nitrogen and oxygen atoms in total. The van der Waals surface area contributed by atoms with Crippen molar-refractivity contribution in [2.24, 2.45) is 0 Å². The van der Waals surface area contributed by atoms with Crippen molar-refractivity contribution in [2.45, 2.75) is 23.7 Å². The summed E-state index contributed by atoms with van der Waals surface area (Å²) in [5, 5.41) is 0. The molecule has 0 N–H and O–H groups in total. The number of rotatable bonds is 6. The first-order valence-corrected chi connectivity index (χ1v) is 12.0. The van der Waals surface area contributed by atoms with E-state index in [1.54, 1.807) is 25.1 Å². The van der Waals surface area contributed by atoms with Crippen molar-refractivity contribution in [3.8, 4) is 0 Å². The molecule has 0 radical (unpaired) electrons. The van der Waals surface area contributed by atoms with Gasteiger partial charge in [-0.15, -0.1) is 0 Å². The van der Waals surface area contributed by atoms with Gasteiger partial charge < -0.3 is 0 Å². The zero-order chi connectivity index (χ0) is 22.9. The van der Waals surface area contributed by atoms with Crippen molar-refractivity contribution >= 4 is 25.7 Å². The van der Waals surface area contributed by atoms with E-state index in [2.05, 4.69) is 0 Å². The Morgan fingerprint density at radius 2 is 1.42 bits per heavy atom. The van der Waals surface area contributed by atoms with E-state index >= 15 is 0 Å². The summed E-state index contributed by atoms with van der Waals surface area (Å²) in [5.41, 5.74) is -0.759. The highest BCUT2D eigenvalue weighted by molar-refractivity contribution is 8.09. The van der Waals surface area contributed by atoms with E-state index in [0.717, 1.165) is 23.8 Å². The largest absolute Gasteiger partial charge is 0.416 e. The van der Waals surface area contributed by atoms with Gasteiger partial charge in [0.15, 0.2) is 0 Å². The van der Waals surface area contributed by atoms with E-state index in [1.165, 1.54) is 36.4 Å². The van der Waals surface area contributed by atoms with Crippen LogP contribution < -0.4 is 3.71 Å². The summed E-state index contributed by atoms with van der Waals surface area (Å²) in [4.78, 5) is -0.354. The van der Waals surface area contributed by atoms with Gasteiger partial charge in [0.25, 0.3) is 20.0 Å². The number of hydrogen-bond donors (Lipinski definition) is 0. The van der Waals surface area contributed by atoms with Crippen molar-refractivity contribution in [1.29, 1.82) is 0 Å². The van der Waals surface area contributed by atoms with Crippen LogP contribution in [-0.2, 0) is 32.0 Å². The van der Waals surface area contributed by atoms with E-state index in [-0.39, 0.29) is 8.61 Å². The number of hydrogen-bond acceptors (Lipinski definition) is 4. The molecule has 31 heavy (non-hydrogen) atoms. The summed E-state index contributed by atoms with van der Waals surface area (Å²) in [6.45, 7) is 1.72. The topological polar surface area (TPSA) is 71.5 Å². The number of nitrogens with zero attached hydrogens (tertiary/aromatic N) is 1. The van der Waals surface area contributed by atoms with Crippen molar-refractivity contribution in [1.82, 2.24) is 0 Å². The minimum absolute atomic E-state index is 0.0763. The average Bonchev–Trinajstić information content (AvgIpc) is 2.68. The van der Waals surface area contributed by atoms with Crippen molar-refractivity contribution < 1.29 is 30.0 Å². The normalized spacial score (nSPS) is 12.5. The first-order chi connectivity index (χ1) is 14.4. The summed E-state index contributed by atoms with van der Waals surface area (Å²) in [6, 6.07) is 16.4. The van der Waals surface area contributed by atoms with Gasteiger partial charge in [0.1, 0.15) is 0 Å². The molecule has 3 rings (SSSR count). The Kier molecular flexibility index (Phi) is 6.15. The number of benzene rings is 3. The molecule has 3 aromatic rings. The van der Waals surface area contributed by atoms with Crippen LogP contribution in [0.2, 0.25) is 0 Å². The lowest BCUT2D eigenvalue weighted by molar-refractivity contribution is -0.137. The molecule has 0 saturated carbocycles. The van der Waals surface area contributed by atoms with Gasteiger partial charge in [-0.2, -0.15) is 16.9 Å². The Balaban J connectivity index is 2.20. The standard InChI is InChI=1S/C21H18F3NO4S2/c1-16-10-12-20(13-11-16)31(28,29)25(19-9-5-8-18(14-19)21(22,23)24)30(26,27)15-17-6-3-2-4-7-17/h2-14H,15H2,1H3. The second-order valence-electron chi connectivity index (χ2n) is 6.81. The molecule has 3 aromatic carbocycles. The number of sulfonamides is 2. The van der Waals surface area contributed by atoms with Crippen molar-refractivity contribution in [3.05, 3.63) is 95.6 Å². The number of alkyl halides is 3. The lowest BCUT2D eigenvalue weighted by Crippen LogP contribution is -2.38. The molecule has 0 aliphatic carbocycles. The van der Waals surface area contributed by atoms with E-state index < -0.39 is 43.2 Å². The Morgan fingerprint density at radius 3 is 2.00 bits per heavy atom. The second-order valence-corrected chi connectivity index (χ2v) is 10.6. The molecule has 0 saturated heterocycles. The van der Waals surface area contributed by atoms with Crippen LogP contribution in [0.1, 0.15) is 16.7 Å². The predicted molar refractivity (Wildman–Crippen MR) is 111 cm³/mol. The lowest BCUT2D eigenvalue weighted by atomic mass is 10.2. The Labute approximate surface area is 178 Å². The van der Waals surface area contributed by atoms with Gasteiger partial charge in [-0.25, -0.2) is 16.8 Å². The molecule has 0 aromatic heterocycles. The van der Waals surface area contributed by atoms with E-state index in [0.29, 0.717) is 11.6 Å². The number of aryl methyl sites for hydroxylation is 1. The van der Waals surface area contributed by atoms with Gasteiger partial charge in [0.05, 0.1) is 21.9 Å². The van der Waals surface area contributed by atoms with Crippen LogP contribution in [0.4, 0.5) is 18.9 Å². The van der Waals surface area contributed by atoms with Crippen LogP contribution >= 0.6 is 0 Å². The van der Waals surface area contributed by atoms with Crippen LogP contribution in [0.3, 0.4) is 0 Å². The van der Waals surface area contributed by atoms with Gasteiger partial charge >= 0.3 is 6.18 Å². The van der Waals surface area contributed by atoms with Crippen LogP contribution in [0.15, 0.2) is 83.8 Å². The molecule has 0 amide bonds. The van der Waals surface area contributed by atoms with Gasteiger partial charge in [-0.1, -0.05) is 54.1 Å². The predicted octanol–water partition coefficient (Wildman–Crippen LogP) is 4.74. The zero-order valence-electron chi connectivity index (χ0n) is 16.2.